The molecule has 1 fully saturated rings. The van der Waals surface area contributed by atoms with Crippen molar-refractivity contribution in [2.45, 2.75) is 32.0 Å². The van der Waals surface area contributed by atoms with Crippen LogP contribution < -0.4 is 17.3 Å². The van der Waals surface area contributed by atoms with Gasteiger partial charge in [-0.1, -0.05) is 0 Å². The smallest absolute Gasteiger partial charge is 0.268 e. The van der Waals surface area contributed by atoms with Gasteiger partial charge in [0.15, 0.2) is 0 Å². The van der Waals surface area contributed by atoms with Crippen LogP contribution in [0, 0.1) is 11.3 Å². The van der Waals surface area contributed by atoms with Crippen LogP contribution in [0.25, 0.3) is 0 Å². The van der Waals surface area contributed by atoms with Crippen molar-refractivity contribution in [3.63, 3.8) is 0 Å². The van der Waals surface area contributed by atoms with Gasteiger partial charge in [0.25, 0.3) is 5.91 Å². The third-order valence-electron chi connectivity index (χ3n) is 3.47. The Morgan fingerprint density at radius 1 is 1.55 bits per heavy atom. The molecule has 0 aliphatic carbocycles. The van der Waals surface area contributed by atoms with Gasteiger partial charge in [-0.05, 0) is 19.8 Å². The summed E-state index contributed by atoms with van der Waals surface area (Å²) in [7, 11) is 4.05. The molecule has 7 heteroatoms. The number of rotatable bonds is 1. The zero-order chi connectivity index (χ0) is 14.2. The van der Waals surface area contributed by atoms with Crippen molar-refractivity contribution in [2.24, 2.45) is 0 Å². The number of nitrogens with zero attached hydrogens (tertiary/aromatic N) is 3. The summed E-state index contributed by atoms with van der Waals surface area (Å²) in [6.07, 6.45) is 5.05. The maximum atomic E-state index is 12.3. The fourth-order valence-corrected chi connectivity index (χ4v) is 2.95. The summed E-state index contributed by atoms with van der Waals surface area (Å²) in [5.41, 5.74) is 1.21. The van der Waals surface area contributed by atoms with Crippen LogP contribution in [0.15, 0.2) is 23.5 Å². The average molecular weight is 317 g/mol. The molecule has 110 valence electrons. The van der Waals surface area contributed by atoms with Crippen LogP contribution in [0.3, 0.4) is 0 Å². The minimum Gasteiger partial charge on any atom is -1.00 e. The number of halogens is 2. The van der Waals surface area contributed by atoms with E-state index in [0.29, 0.717) is 0 Å². The lowest BCUT2D eigenvalue weighted by Crippen LogP contribution is -3.00. The topological polar surface area (TPSA) is 51.8 Å². The van der Waals surface area contributed by atoms with Crippen LogP contribution in [0.4, 0.5) is 0 Å². The average Bonchev–Trinajstić information content (AvgIpc) is 2.35. The van der Waals surface area contributed by atoms with E-state index >= 15 is 0 Å². The Labute approximate surface area is 130 Å². The molecular weight excluding hydrogens is 299 g/mol. The number of amides is 1. The van der Waals surface area contributed by atoms with Crippen molar-refractivity contribution in [3.05, 3.63) is 23.5 Å². The molecule has 0 aromatic carbocycles. The maximum absolute atomic E-state index is 12.3. The van der Waals surface area contributed by atoms with E-state index in [-0.39, 0.29) is 36.1 Å². The largest absolute Gasteiger partial charge is 1.00 e. The minimum atomic E-state index is -0.273. The number of piperidine rings is 1. The molecule has 0 spiro atoms. The Balaban J connectivity index is 0.00000200. The van der Waals surface area contributed by atoms with Gasteiger partial charge in [0.05, 0.1) is 20.3 Å². The number of fused-ring (bicyclic) bond motifs is 1. The first-order chi connectivity index (χ1) is 8.95. The standard InChI is InChI=1S/C13H17ClN4O.ClH/c1-9-4-5-10(7-16(2)3)12-17(14)8-11(6-15)13(19)18(9)12;/h7-9,12H,4-5H2,1-3H3;1H. The third kappa shape index (κ3) is 2.93. The highest BCUT2D eigenvalue weighted by Crippen LogP contribution is 2.34. The molecule has 2 rings (SSSR count). The molecule has 0 aromatic rings. The summed E-state index contributed by atoms with van der Waals surface area (Å²) in [5.74, 6) is -0.226. The minimum absolute atomic E-state index is 0. The monoisotopic (exact) mass is 316 g/mol. The predicted molar refractivity (Wildman–Crippen MR) is 71.6 cm³/mol. The molecule has 2 heterocycles. The van der Waals surface area contributed by atoms with Gasteiger partial charge in [-0.2, -0.15) is 5.26 Å². The maximum Gasteiger partial charge on any atom is 0.268 e. The van der Waals surface area contributed by atoms with E-state index in [4.69, 9.17) is 17.0 Å². The summed E-state index contributed by atoms with van der Waals surface area (Å²) >= 11 is 6.23. The second-order valence-electron chi connectivity index (χ2n) is 5.27. The van der Waals surface area contributed by atoms with Gasteiger partial charge in [0, 0.05) is 29.6 Å². The van der Waals surface area contributed by atoms with E-state index in [1.54, 1.807) is 4.90 Å². The molecule has 1 N–H and O–H groups in total. The van der Waals surface area contributed by atoms with E-state index in [9.17, 15) is 4.79 Å². The first kappa shape index (κ1) is 16.8. The van der Waals surface area contributed by atoms with Crippen LogP contribution in [0.2, 0.25) is 0 Å². The summed E-state index contributed by atoms with van der Waals surface area (Å²) in [5, 5.41) is 9.00. The van der Waals surface area contributed by atoms with Gasteiger partial charge < -0.3 is 22.2 Å². The first-order valence-electron chi connectivity index (χ1n) is 6.35. The fraction of sp³-hybridized carbons (Fsp3) is 0.538. The number of quaternary nitrogens is 1. The number of nitrogens with one attached hydrogen (secondary N) is 1. The molecule has 0 aromatic heterocycles. The zero-order valence-corrected chi connectivity index (χ0v) is 13.2. The fourth-order valence-electron chi connectivity index (χ4n) is 2.63. The van der Waals surface area contributed by atoms with Gasteiger partial charge in [0.2, 0.25) is 0 Å². The number of nitriles is 1. The molecular formula is C13H18Cl2N4O. The molecule has 20 heavy (non-hydrogen) atoms. The first-order valence-corrected chi connectivity index (χ1v) is 6.69. The normalized spacial score (nSPS) is 27.9. The molecule has 0 radical (unpaired) electrons. The Kier molecular flexibility index (Phi) is 5.46. The number of carbonyl (C=O) groups is 1. The van der Waals surface area contributed by atoms with Crippen molar-refractivity contribution in [3.8, 4) is 6.07 Å². The van der Waals surface area contributed by atoms with Crippen LogP contribution in [-0.4, -0.2) is 41.5 Å². The van der Waals surface area contributed by atoms with Crippen molar-refractivity contribution in [2.75, 3.05) is 14.1 Å². The van der Waals surface area contributed by atoms with E-state index < -0.39 is 0 Å². The lowest BCUT2D eigenvalue weighted by molar-refractivity contribution is -0.802. The molecule has 2 atom stereocenters. The Hall–Kier alpha value is -1.22. The van der Waals surface area contributed by atoms with E-state index in [0.717, 1.165) is 18.4 Å². The number of carbonyl (C=O) groups excluding carboxylic acids is 1. The Morgan fingerprint density at radius 3 is 2.75 bits per heavy atom. The highest BCUT2D eigenvalue weighted by atomic mass is 35.5. The number of hydrogen-bond donors (Lipinski definition) is 1. The number of hydrogen-bond acceptors (Lipinski definition) is 3. The van der Waals surface area contributed by atoms with Gasteiger partial charge in [-0.3, -0.25) is 9.21 Å². The highest BCUT2D eigenvalue weighted by molar-refractivity contribution is 6.15. The summed E-state index contributed by atoms with van der Waals surface area (Å²) in [6, 6.07) is 2.00. The second kappa shape index (κ2) is 6.49. The Morgan fingerprint density at radius 2 is 2.20 bits per heavy atom. The SMILES string of the molecule is CC1CCC(=C[NH+](C)C)C2N(Cl)C=C(C#N)C(=O)N12.[Cl-]. The summed E-state index contributed by atoms with van der Waals surface area (Å²) in [6.45, 7) is 2.00. The predicted octanol–water partition coefficient (Wildman–Crippen LogP) is -2.77. The molecule has 1 amide bonds. The van der Waals surface area contributed by atoms with Gasteiger partial charge in [0.1, 0.15) is 17.8 Å². The van der Waals surface area contributed by atoms with Gasteiger partial charge in [-0.15, -0.1) is 0 Å². The van der Waals surface area contributed by atoms with Crippen LogP contribution in [0.1, 0.15) is 19.8 Å². The van der Waals surface area contributed by atoms with Crippen molar-refractivity contribution in [1.82, 2.24) is 9.32 Å². The van der Waals surface area contributed by atoms with Crippen molar-refractivity contribution >= 4 is 17.7 Å². The molecule has 1 saturated heterocycles. The second-order valence-corrected chi connectivity index (χ2v) is 5.66. The van der Waals surface area contributed by atoms with Crippen molar-refractivity contribution < 1.29 is 22.1 Å². The quantitative estimate of drug-likeness (QED) is 0.533. The Bertz CT molecular complexity index is 495. The van der Waals surface area contributed by atoms with Gasteiger partial charge >= 0.3 is 0 Å². The van der Waals surface area contributed by atoms with E-state index in [1.807, 2.05) is 27.1 Å². The zero-order valence-electron chi connectivity index (χ0n) is 11.7. The van der Waals surface area contributed by atoms with Crippen LogP contribution >= 0.6 is 11.8 Å². The molecule has 2 aliphatic heterocycles. The van der Waals surface area contributed by atoms with Crippen LogP contribution in [-0.2, 0) is 4.79 Å². The summed E-state index contributed by atoms with van der Waals surface area (Å²) in [4.78, 5) is 15.2. The molecule has 0 bridgehead atoms. The highest BCUT2D eigenvalue weighted by Gasteiger charge is 2.42. The summed E-state index contributed by atoms with van der Waals surface area (Å²) < 4.78 is 1.45. The molecule has 0 saturated carbocycles. The lowest BCUT2D eigenvalue weighted by atomic mass is 9.93. The molecule has 2 aliphatic rings. The van der Waals surface area contributed by atoms with Gasteiger partial charge in [-0.25, -0.2) is 0 Å². The van der Waals surface area contributed by atoms with E-state index in [1.165, 1.54) is 15.5 Å². The van der Waals surface area contributed by atoms with E-state index in [2.05, 4.69) is 6.20 Å². The third-order valence-corrected chi connectivity index (χ3v) is 3.75. The lowest BCUT2D eigenvalue weighted by Gasteiger charge is -2.46. The van der Waals surface area contributed by atoms with Crippen molar-refractivity contribution in [1.29, 1.82) is 5.26 Å². The molecule has 2 unspecified atom stereocenters. The van der Waals surface area contributed by atoms with Crippen LogP contribution in [0.5, 0.6) is 0 Å². The molecule has 5 nitrogen and oxygen atoms in total.